The van der Waals surface area contributed by atoms with Gasteiger partial charge in [0.2, 0.25) is 7.44 Å². The highest BCUT2D eigenvalue weighted by molar-refractivity contribution is 7.59. The Labute approximate surface area is 224 Å². The van der Waals surface area contributed by atoms with Crippen LogP contribution in [0.1, 0.15) is 65.0 Å². The minimum atomic E-state index is -3.42. The molecular formula is C26H40N7O4P. The van der Waals surface area contributed by atoms with E-state index in [0.29, 0.717) is 49.0 Å². The maximum absolute atomic E-state index is 14.1. The van der Waals surface area contributed by atoms with Gasteiger partial charge in [-0.25, -0.2) is 25.1 Å². The van der Waals surface area contributed by atoms with Crippen LogP contribution in [-0.4, -0.2) is 50.1 Å². The highest BCUT2D eigenvalue weighted by Gasteiger charge is 2.37. The van der Waals surface area contributed by atoms with Gasteiger partial charge in [0, 0.05) is 6.54 Å². The van der Waals surface area contributed by atoms with E-state index in [1.807, 2.05) is 30.5 Å². The number of nitrogens with zero attached hydrogens (tertiary/aromatic N) is 4. The van der Waals surface area contributed by atoms with Gasteiger partial charge in [0.15, 0.2) is 11.5 Å². The van der Waals surface area contributed by atoms with Gasteiger partial charge < -0.3 is 19.8 Å². The summed E-state index contributed by atoms with van der Waals surface area (Å²) in [5.74, 6) is 0.252. The van der Waals surface area contributed by atoms with E-state index in [2.05, 4.69) is 51.1 Å². The van der Waals surface area contributed by atoms with Gasteiger partial charge in [-0.05, 0) is 44.2 Å². The number of rotatable bonds is 14. The molecule has 1 unspecified atom stereocenters. The zero-order chi connectivity index (χ0) is 27.9. The van der Waals surface area contributed by atoms with Crippen molar-refractivity contribution in [1.29, 1.82) is 0 Å². The molecule has 208 valence electrons. The number of nitrogens with one attached hydrogen (secondary N) is 2. The van der Waals surface area contributed by atoms with Crippen molar-refractivity contribution in [2.45, 2.75) is 78.6 Å². The normalized spacial score (nSPS) is 14.5. The Hall–Kier alpha value is -2.85. The van der Waals surface area contributed by atoms with Crippen LogP contribution in [0, 0.1) is 0 Å². The highest BCUT2D eigenvalue weighted by Crippen LogP contribution is 2.40. The van der Waals surface area contributed by atoms with Gasteiger partial charge in [0.05, 0.1) is 25.6 Å². The first-order chi connectivity index (χ1) is 17.9. The summed E-state index contributed by atoms with van der Waals surface area (Å²) < 4.78 is 27.3. The summed E-state index contributed by atoms with van der Waals surface area (Å²) in [6.45, 7) is 12.4. The van der Waals surface area contributed by atoms with Crippen molar-refractivity contribution in [3.63, 3.8) is 0 Å². The van der Waals surface area contributed by atoms with Crippen molar-refractivity contribution < 1.29 is 18.8 Å². The molecule has 11 nitrogen and oxygen atoms in total. The molecule has 3 rings (SSSR count). The first-order valence-electron chi connectivity index (χ1n) is 12.9. The van der Waals surface area contributed by atoms with E-state index in [1.165, 1.54) is 11.9 Å². The summed E-state index contributed by atoms with van der Waals surface area (Å²) in [5.41, 5.74) is 8.00. The monoisotopic (exact) mass is 545 g/mol. The first-order valence-corrected chi connectivity index (χ1v) is 14.8. The van der Waals surface area contributed by atoms with Crippen LogP contribution in [-0.2, 0) is 31.9 Å². The van der Waals surface area contributed by atoms with E-state index in [9.17, 15) is 9.36 Å². The molecule has 4 N–H and O–H groups in total. The Morgan fingerprint density at radius 2 is 1.87 bits per heavy atom. The van der Waals surface area contributed by atoms with Crippen molar-refractivity contribution in [1.82, 2.24) is 29.7 Å². The number of nitrogen functional groups attached to an aromatic ring is 1. The second-order valence-corrected chi connectivity index (χ2v) is 12.6. The SMILES string of the molecule is CCCOC(=O)C(C)(C)NP(=O)(CO[C@H](C)Cn1cnc2c(N)ncnc21)NCc1ccc(C(C)C)cc1. The fourth-order valence-electron chi connectivity index (χ4n) is 3.82. The molecule has 0 aliphatic rings. The van der Waals surface area contributed by atoms with Gasteiger partial charge in [-0.1, -0.05) is 45.0 Å². The van der Waals surface area contributed by atoms with Gasteiger partial charge >= 0.3 is 5.97 Å². The largest absolute Gasteiger partial charge is 0.464 e. The van der Waals surface area contributed by atoms with Gasteiger partial charge in [-0.3, -0.25) is 9.36 Å². The molecule has 0 saturated heterocycles. The van der Waals surface area contributed by atoms with Crippen molar-refractivity contribution in [3.05, 3.63) is 48.0 Å². The number of aromatic nitrogens is 4. The van der Waals surface area contributed by atoms with Crippen LogP contribution in [0.3, 0.4) is 0 Å². The Morgan fingerprint density at radius 1 is 1.16 bits per heavy atom. The minimum Gasteiger partial charge on any atom is -0.464 e. The summed E-state index contributed by atoms with van der Waals surface area (Å²) >= 11 is 0. The topological polar surface area (TPSA) is 146 Å². The predicted molar refractivity (Wildman–Crippen MR) is 149 cm³/mol. The number of hydrogen-bond acceptors (Lipinski definition) is 8. The van der Waals surface area contributed by atoms with Gasteiger partial charge in [0.25, 0.3) is 0 Å². The van der Waals surface area contributed by atoms with E-state index in [-0.39, 0.29) is 12.5 Å². The second kappa shape index (κ2) is 12.8. The maximum atomic E-state index is 14.1. The van der Waals surface area contributed by atoms with Crippen LogP contribution in [0.4, 0.5) is 5.82 Å². The average Bonchev–Trinajstić information content (AvgIpc) is 3.28. The lowest BCUT2D eigenvalue weighted by molar-refractivity contribution is -0.149. The molecule has 2 atom stereocenters. The Bertz CT molecular complexity index is 1260. The van der Waals surface area contributed by atoms with E-state index in [1.54, 1.807) is 20.2 Å². The van der Waals surface area contributed by atoms with E-state index in [4.69, 9.17) is 15.2 Å². The lowest BCUT2D eigenvalue weighted by Gasteiger charge is -2.31. The molecule has 0 bridgehead atoms. The third kappa shape index (κ3) is 7.83. The van der Waals surface area contributed by atoms with Crippen molar-refractivity contribution >= 4 is 30.4 Å². The second-order valence-electron chi connectivity index (χ2n) is 10.3. The van der Waals surface area contributed by atoms with Gasteiger partial charge in [0.1, 0.15) is 23.7 Å². The fraction of sp³-hybridized carbons (Fsp3) is 0.538. The van der Waals surface area contributed by atoms with Crippen LogP contribution in [0.15, 0.2) is 36.9 Å². The Morgan fingerprint density at radius 3 is 2.53 bits per heavy atom. The summed E-state index contributed by atoms with van der Waals surface area (Å²) in [7, 11) is -3.42. The molecule has 3 aromatic rings. The molecule has 0 aliphatic carbocycles. The van der Waals surface area contributed by atoms with E-state index >= 15 is 0 Å². The van der Waals surface area contributed by atoms with Gasteiger partial charge in [-0.15, -0.1) is 0 Å². The third-order valence-corrected chi connectivity index (χ3v) is 8.12. The van der Waals surface area contributed by atoms with Crippen molar-refractivity contribution in [3.8, 4) is 0 Å². The molecule has 1 aromatic carbocycles. The Kier molecular flexibility index (Phi) is 10.0. The molecule has 38 heavy (non-hydrogen) atoms. The van der Waals surface area contributed by atoms with Crippen LogP contribution in [0.25, 0.3) is 11.2 Å². The standard InChI is InChI=1S/C26H40N7O4P/c1-7-12-36-25(34)26(5,6)32-38(35,31-13-20-8-10-21(11-9-20)18(2)3)17-37-19(4)14-33-16-30-22-23(27)28-15-29-24(22)33/h8-11,15-16,18-19H,7,12-14,17H2,1-6H3,(H2,27,28,29)(H2,31,32,35)/t19-,38?/m1/s1. The third-order valence-electron chi connectivity index (χ3n) is 6.02. The number of imidazole rings is 1. The zero-order valence-corrected chi connectivity index (χ0v) is 24.0. The molecule has 2 heterocycles. The highest BCUT2D eigenvalue weighted by atomic mass is 31.2. The molecule has 12 heteroatoms. The lowest BCUT2D eigenvalue weighted by atomic mass is 10.0. The first kappa shape index (κ1) is 29.7. The number of carbonyl (C=O) groups excluding carboxylic acids is 1. The smallest absolute Gasteiger partial charge is 0.326 e. The van der Waals surface area contributed by atoms with E-state index < -0.39 is 19.0 Å². The summed E-state index contributed by atoms with van der Waals surface area (Å²) in [6, 6.07) is 8.15. The number of nitrogens with two attached hydrogens (primary N) is 1. The van der Waals surface area contributed by atoms with Crippen LogP contribution in [0.5, 0.6) is 0 Å². The zero-order valence-electron chi connectivity index (χ0n) is 23.1. The van der Waals surface area contributed by atoms with E-state index in [0.717, 1.165) is 5.56 Å². The molecular weight excluding hydrogens is 505 g/mol. The van der Waals surface area contributed by atoms with Crippen molar-refractivity contribution in [2.75, 3.05) is 18.7 Å². The summed E-state index contributed by atoms with van der Waals surface area (Å²) in [4.78, 5) is 25.2. The number of fused-ring (bicyclic) bond motifs is 1. The van der Waals surface area contributed by atoms with Crippen LogP contribution >= 0.6 is 7.44 Å². The fourth-order valence-corrected chi connectivity index (χ4v) is 5.96. The lowest BCUT2D eigenvalue weighted by Crippen LogP contribution is -2.48. The summed E-state index contributed by atoms with van der Waals surface area (Å²) in [5, 5.41) is 6.15. The Balaban J connectivity index is 1.72. The molecule has 2 aromatic heterocycles. The average molecular weight is 546 g/mol. The predicted octanol–water partition coefficient (Wildman–Crippen LogP) is 4.20. The molecule has 0 spiro atoms. The number of hydrogen-bond donors (Lipinski definition) is 3. The number of benzene rings is 1. The summed E-state index contributed by atoms with van der Waals surface area (Å²) in [6.07, 6.45) is 3.22. The van der Waals surface area contributed by atoms with Crippen LogP contribution < -0.4 is 15.9 Å². The maximum Gasteiger partial charge on any atom is 0.326 e. The van der Waals surface area contributed by atoms with Gasteiger partial charge in [-0.2, -0.15) is 0 Å². The minimum absolute atomic E-state index is 0.146. The molecule has 0 saturated carbocycles. The molecule has 0 radical (unpaired) electrons. The molecule has 0 fully saturated rings. The van der Waals surface area contributed by atoms with Crippen molar-refractivity contribution in [2.24, 2.45) is 0 Å². The number of carbonyl (C=O) groups is 1. The number of ether oxygens (including phenoxy) is 2. The van der Waals surface area contributed by atoms with Crippen LogP contribution in [0.2, 0.25) is 0 Å². The quantitative estimate of drug-likeness (QED) is 0.199. The molecule has 0 amide bonds. The number of anilines is 1. The number of esters is 1. The molecule has 0 aliphatic heterocycles.